The standard InChI is InChI=1S/C15H20F2N2O3S/c1-15(2,3)22-14(21)18-7-8-23-9-12(20)19-13-10(16)5-4-6-11(13)17/h4-6H,7-9H2,1-3H3,(H,18,21)(H,19,20). The molecule has 1 aromatic carbocycles. The van der Waals surface area contributed by atoms with Crippen molar-refractivity contribution in [2.45, 2.75) is 26.4 Å². The molecule has 0 aromatic heterocycles. The summed E-state index contributed by atoms with van der Waals surface area (Å²) in [6, 6.07) is 3.35. The Hall–Kier alpha value is -1.83. The Morgan fingerprint density at radius 2 is 1.83 bits per heavy atom. The van der Waals surface area contributed by atoms with E-state index in [1.54, 1.807) is 20.8 Å². The van der Waals surface area contributed by atoms with Gasteiger partial charge in [0.1, 0.15) is 22.9 Å². The van der Waals surface area contributed by atoms with E-state index in [1.165, 1.54) is 17.8 Å². The van der Waals surface area contributed by atoms with E-state index in [0.717, 1.165) is 12.1 Å². The number of anilines is 1. The molecule has 5 nitrogen and oxygen atoms in total. The number of hydrogen-bond acceptors (Lipinski definition) is 4. The van der Waals surface area contributed by atoms with Gasteiger partial charge in [-0.15, -0.1) is 0 Å². The molecule has 0 fully saturated rings. The lowest BCUT2D eigenvalue weighted by molar-refractivity contribution is -0.113. The van der Waals surface area contributed by atoms with Gasteiger partial charge < -0.3 is 15.4 Å². The van der Waals surface area contributed by atoms with Crippen molar-refractivity contribution in [1.29, 1.82) is 0 Å². The maximum Gasteiger partial charge on any atom is 0.407 e. The first-order chi connectivity index (χ1) is 10.7. The maximum absolute atomic E-state index is 13.4. The molecule has 0 heterocycles. The number of amides is 2. The van der Waals surface area contributed by atoms with E-state index in [2.05, 4.69) is 10.6 Å². The van der Waals surface area contributed by atoms with E-state index >= 15 is 0 Å². The second-order valence-corrected chi connectivity index (χ2v) is 6.73. The lowest BCUT2D eigenvalue weighted by atomic mass is 10.2. The summed E-state index contributed by atoms with van der Waals surface area (Å²) >= 11 is 1.23. The van der Waals surface area contributed by atoms with Crippen molar-refractivity contribution in [1.82, 2.24) is 5.32 Å². The van der Waals surface area contributed by atoms with Crippen LogP contribution in [0.5, 0.6) is 0 Å². The monoisotopic (exact) mass is 346 g/mol. The molecule has 0 unspecified atom stereocenters. The molecule has 2 amide bonds. The first kappa shape index (κ1) is 19.2. The lowest BCUT2D eigenvalue weighted by Gasteiger charge is -2.19. The number of rotatable bonds is 6. The number of para-hydroxylation sites is 1. The van der Waals surface area contributed by atoms with Gasteiger partial charge in [0.25, 0.3) is 0 Å². The number of benzene rings is 1. The summed E-state index contributed by atoms with van der Waals surface area (Å²) < 4.78 is 31.8. The largest absolute Gasteiger partial charge is 0.444 e. The van der Waals surface area contributed by atoms with Crippen LogP contribution in [0.15, 0.2) is 18.2 Å². The summed E-state index contributed by atoms with van der Waals surface area (Å²) in [6.07, 6.45) is -0.532. The van der Waals surface area contributed by atoms with Crippen LogP contribution in [-0.2, 0) is 9.53 Å². The number of nitrogens with one attached hydrogen (secondary N) is 2. The topological polar surface area (TPSA) is 67.4 Å². The van der Waals surface area contributed by atoms with E-state index in [4.69, 9.17) is 4.74 Å². The zero-order valence-electron chi connectivity index (χ0n) is 13.2. The Labute approximate surface area is 138 Å². The molecule has 0 atom stereocenters. The minimum Gasteiger partial charge on any atom is -0.444 e. The Morgan fingerprint density at radius 1 is 1.22 bits per heavy atom. The van der Waals surface area contributed by atoms with E-state index in [1.807, 2.05) is 0 Å². The zero-order valence-corrected chi connectivity index (χ0v) is 14.1. The first-order valence-electron chi connectivity index (χ1n) is 6.97. The van der Waals surface area contributed by atoms with Gasteiger partial charge in [-0.1, -0.05) is 6.07 Å². The number of hydrogen-bond donors (Lipinski definition) is 2. The van der Waals surface area contributed by atoms with Crippen LogP contribution < -0.4 is 10.6 Å². The SMILES string of the molecule is CC(C)(C)OC(=O)NCCSCC(=O)Nc1c(F)cccc1F. The predicted octanol–water partition coefficient (Wildman–Crippen LogP) is 3.16. The number of halogens is 2. The molecule has 0 saturated carbocycles. The third-order valence-corrected chi connectivity index (χ3v) is 3.33. The summed E-state index contributed by atoms with van der Waals surface area (Å²) in [4.78, 5) is 23.0. The number of carbonyl (C=O) groups is 2. The molecule has 8 heteroatoms. The van der Waals surface area contributed by atoms with Crippen LogP contribution in [-0.4, -0.2) is 35.7 Å². The zero-order chi connectivity index (χ0) is 17.5. The molecule has 0 spiro atoms. The minimum atomic E-state index is -0.824. The van der Waals surface area contributed by atoms with E-state index < -0.39 is 34.9 Å². The fraction of sp³-hybridized carbons (Fsp3) is 0.467. The highest BCUT2D eigenvalue weighted by molar-refractivity contribution is 7.99. The average molecular weight is 346 g/mol. The fourth-order valence-corrected chi connectivity index (χ4v) is 2.15. The Kier molecular flexibility index (Phi) is 7.28. The molecule has 1 rings (SSSR count). The molecule has 0 aliphatic carbocycles. The predicted molar refractivity (Wildman–Crippen MR) is 86.5 cm³/mol. The van der Waals surface area contributed by atoms with Gasteiger partial charge in [0.2, 0.25) is 5.91 Å². The Balaban J connectivity index is 2.24. The van der Waals surface area contributed by atoms with Crippen molar-refractivity contribution < 1.29 is 23.1 Å². The molecule has 0 aliphatic rings. The van der Waals surface area contributed by atoms with E-state index in [0.29, 0.717) is 12.3 Å². The highest BCUT2D eigenvalue weighted by Crippen LogP contribution is 2.18. The molecule has 0 aliphatic heterocycles. The van der Waals surface area contributed by atoms with Gasteiger partial charge in [-0.3, -0.25) is 4.79 Å². The van der Waals surface area contributed by atoms with E-state index in [-0.39, 0.29) is 5.75 Å². The second kappa shape index (κ2) is 8.71. The molecule has 0 radical (unpaired) electrons. The van der Waals surface area contributed by atoms with Crippen molar-refractivity contribution in [3.05, 3.63) is 29.8 Å². The minimum absolute atomic E-state index is 0.0176. The van der Waals surface area contributed by atoms with Gasteiger partial charge in [0, 0.05) is 12.3 Å². The molecular weight excluding hydrogens is 326 g/mol. The third kappa shape index (κ3) is 7.83. The van der Waals surface area contributed by atoms with E-state index in [9.17, 15) is 18.4 Å². The van der Waals surface area contributed by atoms with Gasteiger partial charge >= 0.3 is 6.09 Å². The number of thioether (sulfide) groups is 1. The van der Waals surface area contributed by atoms with Gasteiger partial charge in [0.05, 0.1) is 5.75 Å². The summed E-state index contributed by atoms with van der Waals surface area (Å²) in [5.41, 5.74) is -1.02. The highest BCUT2D eigenvalue weighted by Gasteiger charge is 2.15. The summed E-state index contributed by atoms with van der Waals surface area (Å²) in [5.74, 6) is -1.68. The van der Waals surface area contributed by atoms with Crippen molar-refractivity contribution in [2.24, 2.45) is 0 Å². The molecule has 2 N–H and O–H groups in total. The van der Waals surface area contributed by atoms with Gasteiger partial charge in [-0.2, -0.15) is 11.8 Å². The van der Waals surface area contributed by atoms with Crippen LogP contribution in [0.3, 0.4) is 0 Å². The van der Waals surface area contributed by atoms with Crippen molar-refractivity contribution in [2.75, 3.05) is 23.4 Å². The van der Waals surface area contributed by atoms with Gasteiger partial charge in [-0.25, -0.2) is 13.6 Å². The molecule has 0 bridgehead atoms. The van der Waals surface area contributed by atoms with Crippen LogP contribution in [0.1, 0.15) is 20.8 Å². The van der Waals surface area contributed by atoms with Crippen molar-refractivity contribution in [3.8, 4) is 0 Å². The highest BCUT2D eigenvalue weighted by atomic mass is 32.2. The van der Waals surface area contributed by atoms with Crippen LogP contribution in [0.4, 0.5) is 19.3 Å². The van der Waals surface area contributed by atoms with Gasteiger partial charge in [-0.05, 0) is 32.9 Å². The molecular formula is C15H20F2N2O3S. The summed E-state index contributed by atoms with van der Waals surface area (Å²) in [6.45, 7) is 5.59. The van der Waals surface area contributed by atoms with Crippen LogP contribution in [0, 0.1) is 11.6 Å². The van der Waals surface area contributed by atoms with Crippen LogP contribution in [0.25, 0.3) is 0 Å². The lowest BCUT2D eigenvalue weighted by Crippen LogP contribution is -2.33. The number of carbonyl (C=O) groups excluding carboxylic acids is 2. The van der Waals surface area contributed by atoms with Gasteiger partial charge in [0.15, 0.2) is 0 Å². The quantitative estimate of drug-likeness (QED) is 0.777. The Morgan fingerprint density at radius 3 is 2.39 bits per heavy atom. The number of ether oxygens (including phenoxy) is 1. The second-order valence-electron chi connectivity index (χ2n) is 5.63. The van der Waals surface area contributed by atoms with Crippen molar-refractivity contribution >= 4 is 29.4 Å². The fourth-order valence-electron chi connectivity index (χ4n) is 1.50. The molecule has 1 aromatic rings. The van der Waals surface area contributed by atoms with Crippen LogP contribution in [0.2, 0.25) is 0 Å². The molecule has 128 valence electrons. The third-order valence-electron chi connectivity index (χ3n) is 2.37. The first-order valence-corrected chi connectivity index (χ1v) is 8.13. The normalized spacial score (nSPS) is 11.0. The van der Waals surface area contributed by atoms with Crippen molar-refractivity contribution in [3.63, 3.8) is 0 Å². The smallest absolute Gasteiger partial charge is 0.407 e. The van der Waals surface area contributed by atoms with Crippen LogP contribution >= 0.6 is 11.8 Å². The Bertz CT molecular complexity index is 542. The molecule has 0 saturated heterocycles. The molecule has 23 heavy (non-hydrogen) atoms. The average Bonchev–Trinajstić information content (AvgIpc) is 2.40. The summed E-state index contributed by atoms with van der Waals surface area (Å²) in [5, 5.41) is 4.73. The summed E-state index contributed by atoms with van der Waals surface area (Å²) in [7, 11) is 0. The maximum atomic E-state index is 13.4. The number of alkyl carbamates (subject to hydrolysis) is 1.